The number of hydrogen-bond donors (Lipinski definition) is 1. The van der Waals surface area contributed by atoms with Crippen LogP contribution < -0.4 is 0 Å². The molecule has 4 saturated carbocycles. The lowest BCUT2D eigenvalue weighted by Crippen LogP contribution is -2.53. The van der Waals surface area contributed by atoms with Crippen molar-refractivity contribution in [2.24, 2.45) is 23.7 Å². The molecule has 0 aromatic heterocycles. The lowest BCUT2D eigenvalue weighted by molar-refractivity contribution is -0.176. The number of esters is 1. The highest BCUT2D eigenvalue weighted by Crippen LogP contribution is 2.57. The fraction of sp³-hybridized carbons (Fsp3) is 0.952. The summed E-state index contributed by atoms with van der Waals surface area (Å²) < 4.78 is 11.5. The maximum Gasteiger partial charge on any atom is 0.309 e. The van der Waals surface area contributed by atoms with E-state index in [1.807, 2.05) is 6.92 Å². The van der Waals surface area contributed by atoms with E-state index in [0.29, 0.717) is 19.8 Å². The van der Waals surface area contributed by atoms with Gasteiger partial charge >= 0.3 is 5.97 Å². The molecule has 0 spiro atoms. The number of likely N-dealkylation sites (tertiary alicyclic amines) is 1. The minimum absolute atomic E-state index is 0. The van der Waals surface area contributed by atoms with Gasteiger partial charge in [-0.25, -0.2) is 0 Å². The molecule has 156 valence electrons. The van der Waals surface area contributed by atoms with Crippen molar-refractivity contribution in [3.8, 4) is 0 Å². The second-order valence-electron chi connectivity index (χ2n) is 9.39. The molecule has 1 N–H and O–H groups in total. The lowest BCUT2D eigenvalue weighted by atomic mass is 9.54. The summed E-state index contributed by atoms with van der Waals surface area (Å²) in [5.74, 6) is 2.60. The summed E-state index contributed by atoms with van der Waals surface area (Å²) in [6.45, 7) is 5.15. The SMILES string of the molecule is CCOC(=O)C1CCN(CC(O)COC23CC4CC(CC(C4)C2)C3)CC1.Cl. The standard InChI is InChI=1S/C21H35NO4.ClH/c1-2-25-20(24)18-3-5-22(6-4-18)13-19(23)14-26-21-10-15-7-16(11-21)9-17(8-15)12-21;/h15-19,23H,2-14H2,1H3;1H. The molecule has 1 saturated heterocycles. The molecule has 6 heteroatoms. The van der Waals surface area contributed by atoms with E-state index in [1.54, 1.807) is 0 Å². The third-order valence-electron chi connectivity index (χ3n) is 7.24. The fourth-order valence-corrected chi connectivity index (χ4v) is 6.44. The molecule has 5 rings (SSSR count). The molecule has 0 aromatic carbocycles. The van der Waals surface area contributed by atoms with E-state index in [0.717, 1.165) is 43.7 Å². The molecule has 1 heterocycles. The van der Waals surface area contributed by atoms with E-state index >= 15 is 0 Å². The number of carbonyl (C=O) groups is 1. The second kappa shape index (κ2) is 8.98. The van der Waals surface area contributed by atoms with Crippen LogP contribution in [-0.4, -0.2) is 60.5 Å². The number of rotatable bonds is 7. The Kier molecular flexibility index (Phi) is 7.10. The van der Waals surface area contributed by atoms with Crippen molar-refractivity contribution < 1.29 is 19.4 Å². The van der Waals surface area contributed by atoms with Crippen LogP contribution in [0, 0.1) is 23.7 Å². The molecule has 0 radical (unpaired) electrons. The van der Waals surface area contributed by atoms with E-state index in [1.165, 1.54) is 38.5 Å². The van der Waals surface area contributed by atoms with Gasteiger partial charge in [-0.15, -0.1) is 12.4 Å². The predicted octanol–water partition coefficient (Wildman–Crippen LogP) is 3.03. The molecular formula is C21H36ClNO4. The molecule has 4 aliphatic carbocycles. The van der Waals surface area contributed by atoms with Crippen LogP contribution in [0.5, 0.6) is 0 Å². The second-order valence-corrected chi connectivity index (χ2v) is 9.39. The van der Waals surface area contributed by atoms with Crippen LogP contribution in [0.1, 0.15) is 58.3 Å². The average molecular weight is 402 g/mol. The van der Waals surface area contributed by atoms with E-state index in [2.05, 4.69) is 4.90 Å². The zero-order chi connectivity index (χ0) is 18.1. The zero-order valence-corrected chi connectivity index (χ0v) is 17.4. The first-order valence-electron chi connectivity index (χ1n) is 10.8. The van der Waals surface area contributed by atoms with Gasteiger partial charge in [0.2, 0.25) is 0 Å². The maximum absolute atomic E-state index is 11.8. The number of halogens is 1. The summed E-state index contributed by atoms with van der Waals surface area (Å²) in [4.78, 5) is 14.1. The van der Waals surface area contributed by atoms with Gasteiger partial charge in [0.1, 0.15) is 0 Å². The van der Waals surface area contributed by atoms with Gasteiger partial charge in [-0.3, -0.25) is 4.79 Å². The van der Waals surface area contributed by atoms with Crippen molar-refractivity contribution in [3.05, 3.63) is 0 Å². The van der Waals surface area contributed by atoms with Crippen molar-refractivity contribution >= 4 is 18.4 Å². The maximum atomic E-state index is 11.8. The van der Waals surface area contributed by atoms with Gasteiger partial charge in [-0.2, -0.15) is 0 Å². The van der Waals surface area contributed by atoms with Gasteiger partial charge in [0.15, 0.2) is 0 Å². The first-order chi connectivity index (χ1) is 12.5. The van der Waals surface area contributed by atoms with Gasteiger partial charge in [0.25, 0.3) is 0 Å². The number of β-amino-alcohol motifs (C(OH)–C–C–N with tert-alkyl or cyclic N) is 1. The number of aliphatic hydroxyl groups is 1. The summed E-state index contributed by atoms with van der Waals surface area (Å²) >= 11 is 0. The summed E-state index contributed by atoms with van der Waals surface area (Å²) in [5, 5.41) is 10.5. The van der Waals surface area contributed by atoms with Crippen LogP contribution in [0.25, 0.3) is 0 Å². The van der Waals surface area contributed by atoms with Crippen molar-refractivity contribution in [1.29, 1.82) is 0 Å². The Morgan fingerprint density at radius 3 is 2.19 bits per heavy atom. The Morgan fingerprint density at radius 1 is 1.11 bits per heavy atom. The predicted molar refractivity (Wildman–Crippen MR) is 106 cm³/mol. The van der Waals surface area contributed by atoms with Crippen molar-refractivity contribution in [2.75, 3.05) is 32.8 Å². The van der Waals surface area contributed by atoms with Crippen LogP contribution in [0.3, 0.4) is 0 Å². The molecule has 0 aromatic rings. The smallest absolute Gasteiger partial charge is 0.309 e. The van der Waals surface area contributed by atoms with Crippen LogP contribution >= 0.6 is 12.4 Å². The fourth-order valence-electron chi connectivity index (χ4n) is 6.44. The first-order valence-corrected chi connectivity index (χ1v) is 10.8. The molecule has 0 amide bonds. The van der Waals surface area contributed by atoms with Crippen molar-refractivity contribution in [3.63, 3.8) is 0 Å². The Bertz CT molecular complexity index is 471. The van der Waals surface area contributed by atoms with E-state index in [-0.39, 0.29) is 29.9 Å². The number of aliphatic hydroxyl groups excluding tert-OH is 1. The highest BCUT2D eigenvalue weighted by Gasteiger charge is 2.51. The number of hydrogen-bond acceptors (Lipinski definition) is 5. The van der Waals surface area contributed by atoms with Crippen LogP contribution in [0.2, 0.25) is 0 Å². The zero-order valence-electron chi connectivity index (χ0n) is 16.6. The third-order valence-corrected chi connectivity index (χ3v) is 7.24. The van der Waals surface area contributed by atoms with Gasteiger partial charge in [0, 0.05) is 6.54 Å². The normalized spacial score (nSPS) is 37.0. The minimum Gasteiger partial charge on any atom is -0.466 e. The molecule has 1 unspecified atom stereocenters. The highest BCUT2D eigenvalue weighted by atomic mass is 35.5. The molecule has 5 fully saturated rings. The third kappa shape index (κ3) is 4.98. The van der Waals surface area contributed by atoms with Crippen molar-refractivity contribution in [1.82, 2.24) is 4.90 Å². The first kappa shape index (κ1) is 21.4. The monoisotopic (exact) mass is 401 g/mol. The van der Waals surface area contributed by atoms with E-state index in [9.17, 15) is 9.90 Å². The van der Waals surface area contributed by atoms with Gasteiger partial charge < -0.3 is 19.5 Å². The van der Waals surface area contributed by atoms with Crippen molar-refractivity contribution in [2.45, 2.75) is 70.0 Å². The van der Waals surface area contributed by atoms with Gasteiger partial charge in [-0.1, -0.05) is 0 Å². The highest BCUT2D eigenvalue weighted by molar-refractivity contribution is 5.85. The summed E-state index contributed by atoms with van der Waals surface area (Å²) in [6.07, 6.45) is 9.15. The Morgan fingerprint density at radius 2 is 1.67 bits per heavy atom. The van der Waals surface area contributed by atoms with E-state index in [4.69, 9.17) is 9.47 Å². The average Bonchev–Trinajstić information content (AvgIpc) is 2.60. The Labute approximate surface area is 169 Å². The Hall–Kier alpha value is -0.360. The molecular weight excluding hydrogens is 366 g/mol. The summed E-state index contributed by atoms with van der Waals surface area (Å²) in [7, 11) is 0. The minimum atomic E-state index is -0.429. The van der Waals surface area contributed by atoms with Gasteiger partial charge in [0.05, 0.1) is 30.8 Å². The summed E-state index contributed by atoms with van der Waals surface area (Å²) in [5.41, 5.74) is 0.0760. The van der Waals surface area contributed by atoms with Crippen LogP contribution in [0.15, 0.2) is 0 Å². The lowest BCUT2D eigenvalue weighted by Gasteiger charge is -2.56. The molecule has 5 nitrogen and oxygen atoms in total. The number of ether oxygens (including phenoxy) is 2. The topological polar surface area (TPSA) is 59.0 Å². The van der Waals surface area contributed by atoms with Gasteiger partial charge in [-0.05, 0) is 89.1 Å². The molecule has 4 bridgehead atoms. The molecule has 5 aliphatic rings. The molecule has 27 heavy (non-hydrogen) atoms. The molecule has 1 atom stereocenters. The number of piperidine rings is 1. The number of nitrogens with zero attached hydrogens (tertiary/aromatic N) is 1. The quantitative estimate of drug-likeness (QED) is 0.664. The molecule has 1 aliphatic heterocycles. The number of carbonyl (C=O) groups excluding carboxylic acids is 1. The van der Waals surface area contributed by atoms with Crippen LogP contribution in [-0.2, 0) is 14.3 Å². The van der Waals surface area contributed by atoms with Crippen LogP contribution in [0.4, 0.5) is 0 Å². The summed E-state index contributed by atoms with van der Waals surface area (Å²) in [6, 6.07) is 0. The Balaban J connectivity index is 0.00000210. The largest absolute Gasteiger partial charge is 0.466 e. The van der Waals surface area contributed by atoms with E-state index < -0.39 is 6.10 Å².